The summed E-state index contributed by atoms with van der Waals surface area (Å²) in [7, 11) is 0. The minimum absolute atomic E-state index is 0.200. The topological polar surface area (TPSA) is 41.9 Å². The standard InChI is InChI=1S/C6H12N2O2/c1-2-6-5-10-4-3-8(6)7-9/h6H,2-5H2,1H3/t6-/m1/s1. The van der Waals surface area contributed by atoms with Crippen LogP contribution in [0.25, 0.3) is 0 Å². The first-order valence-electron chi connectivity index (χ1n) is 3.56. The third-order valence-electron chi connectivity index (χ3n) is 1.77. The Kier molecular flexibility index (Phi) is 2.62. The number of hydrogen-bond acceptors (Lipinski definition) is 3. The molecular weight excluding hydrogens is 132 g/mol. The van der Waals surface area contributed by atoms with E-state index in [1.165, 1.54) is 0 Å². The van der Waals surface area contributed by atoms with E-state index in [2.05, 4.69) is 5.29 Å². The third-order valence-corrected chi connectivity index (χ3v) is 1.77. The Hall–Kier alpha value is -0.640. The lowest BCUT2D eigenvalue weighted by Crippen LogP contribution is -2.41. The van der Waals surface area contributed by atoms with Crippen LogP contribution < -0.4 is 0 Å². The van der Waals surface area contributed by atoms with Gasteiger partial charge in [-0.1, -0.05) is 6.92 Å². The monoisotopic (exact) mass is 144 g/mol. The first-order chi connectivity index (χ1) is 4.88. The zero-order valence-electron chi connectivity index (χ0n) is 6.12. The molecule has 1 saturated heterocycles. The fraction of sp³-hybridized carbons (Fsp3) is 1.00. The van der Waals surface area contributed by atoms with Crippen LogP contribution in [0.3, 0.4) is 0 Å². The highest BCUT2D eigenvalue weighted by molar-refractivity contribution is 4.69. The van der Waals surface area contributed by atoms with Gasteiger partial charge in [-0.2, -0.15) is 0 Å². The molecule has 58 valence electrons. The Labute approximate surface area is 60.1 Å². The highest BCUT2D eigenvalue weighted by Gasteiger charge is 2.20. The molecular formula is C6H12N2O2. The van der Waals surface area contributed by atoms with Crippen LogP contribution in [0, 0.1) is 4.91 Å². The van der Waals surface area contributed by atoms with Crippen LogP contribution in [-0.2, 0) is 4.74 Å². The average molecular weight is 144 g/mol. The van der Waals surface area contributed by atoms with Crippen molar-refractivity contribution in [2.24, 2.45) is 5.29 Å². The van der Waals surface area contributed by atoms with Gasteiger partial charge < -0.3 is 4.74 Å². The number of nitroso groups, excluding NO2 is 1. The van der Waals surface area contributed by atoms with Crippen molar-refractivity contribution in [1.82, 2.24) is 5.01 Å². The second-order valence-electron chi connectivity index (χ2n) is 2.38. The highest BCUT2D eigenvalue weighted by Crippen LogP contribution is 2.09. The molecule has 1 fully saturated rings. The van der Waals surface area contributed by atoms with Gasteiger partial charge in [-0.3, -0.25) is 5.01 Å². The van der Waals surface area contributed by atoms with Crippen molar-refractivity contribution >= 4 is 0 Å². The molecule has 0 bridgehead atoms. The van der Waals surface area contributed by atoms with Crippen LogP contribution in [0.4, 0.5) is 0 Å². The lowest BCUT2D eigenvalue weighted by atomic mass is 10.2. The summed E-state index contributed by atoms with van der Waals surface area (Å²) in [4.78, 5) is 10.1. The Morgan fingerprint density at radius 2 is 2.60 bits per heavy atom. The number of ether oxygens (including phenoxy) is 1. The van der Waals surface area contributed by atoms with Crippen LogP contribution in [0.5, 0.6) is 0 Å². The summed E-state index contributed by atoms with van der Waals surface area (Å²) in [5, 5.41) is 4.46. The summed E-state index contributed by atoms with van der Waals surface area (Å²) >= 11 is 0. The second-order valence-corrected chi connectivity index (χ2v) is 2.38. The summed E-state index contributed by atoms with van der Waals surface area (Å²) in [5.41, 5.74) is 0. The molecule has 1 atom stereocenters. The number of nitrogens with zero attached hydrogens (tertiary/aromatic N) is 2. The molecule has 4 nitrogen and oxygen atoms in total. The number of morpholine rings is 1. The molecule has 1 heterocycles. The molecule has 0 aromatic rings. The van der Waals surface area contributed by atoms with E-state index < -0.39 is 0 Å². The predicted octanol–water partition coefficient (Wildman–Crippen LogP) is 0.779. The van der Waals surface area contributed by atoms with Crippen LogP contribution in [0.1, 0.15) is 13.3 Å². The molecule has 0 aliphatic carbocycles. The quantitative estimate of drug-likeness (QED) is 0.538. The number of rotatable bonds is 2. The fourth-order valence-corrected chi connectivity index (χ4v) is 1.08. The maximum atomic E-state index is 10.1. The highest BCUT2D eigenvalue weighted by atomic mass is 16.5. The van der Waals surface area contributed by atoms with Crippen LogP contribution in [-0.4, -0.2) is 30.8 Å². The molecule has 4 heteroatoms. The summed E-state index contributed by atoms with van der Waals surface area (Å²) in [6, 6.07) is 0.200. The van der Waals surface area contributed by atoms with Gasteiger partial charge in [0.05, 0.1) is 31.1 Å². The Morgan fingerprint density at radius 1 is 1.80 bits per heavy atom. The molecule has 0 amide bonds. The van der Waals surface area contributed by atoms with Crippen LogP contribution in [0.2, 0.25) is 0 Å². The number of hydrogen-bond donors (Lipinski definition) is 0. The van der Waals surface area contributed by atoms with Gasteiger partial charge in [0.25, 0.3) is 0 Å². The lowest BCUT2D eigenvalue weighted by molar-refractivity contribution is -0.00838. The Bertz CT molecular complexity index is 118. The SMILES string of the molecule is CC[C@@H]1COCCN1N=O. The van der Waals surface area contributed by atoms with E-state index in [1.54, 1.807) is 5.01 Å². The largest absolute Gasteiger partial charge is 0.377 e. The Balaban J connectivity index is 2.41. The van der Waals surface area contributed by atoms with Gasteiger partial charge in [-0.15, -0.1) is 4.91 Å². The smallest absolute Gasteiger partial charge is 0.0734 e. The van der Waals surface area contributed by atoms with Gasteiger partial charge in [0.1, 0.15) is 0 Å². The average Bonchev–Trinajstić information content (AvgIpc) is 2.04. The first kappa shape index (κ1) is 7.47. The van der Waals surface area contributed by atoms with E-state index in [4.69, 9.17) is 4.74 Å². The fourth-order valence-electron chi connectivity index (χ4n) is 1.08. The zero-order valence-corrected chi connectivity index (χ0v) is 6.12. The van der Waals surface area contributed by atoms with Crippen molar-refractivity contribution in [3.8, 4) is 0 Å². The van der Waals surface area contributed by atoms with E-state index in [0.717, 1.165) is 6.42 Å². The van der Waals surface area contributed by atoms with E-state index in [1.807, 2.05) is 6.92 Å². The molecule has 0 aromatic heterocycles. The molecule has 0 radical (unpaired) electrons. The Morgan fingerprint density at radius 3 is 3.10 bits per heavy atom. The van der Waals surface area contributed by atoms with Gasteiger partial charge in [0, 0.05) is 0 Å². The van der Waals surface area contributed by atoms with Crippen molar-refractivity contribution in [3.63, 3.8) is 0 Å². The van der Waals surface area contributed by atoms with Gasteiger partial charge in [-0.05, 0) is 6.42 Å². The minimum Gasteiger partial charge on any atom is -0.377 e. The van der Waals surface area contributed by atoms with E-state index >= 15 is 0 Å². The lowest BCUT2D eigenvalue weighted by Gasteiger charge is -2.29. The van der Waals surface area contributed by atoms with Crippen molar-refractivity contribution < 1.29 is 4.74 Å². The van der Waals surface area contributed by atoms with E-state index in [-0.39, 0.29) is 6.04 Å². The van der Waals surface area contributed by atoms with Crippen molar-refractivity contribution in [1.29, 1.82) is 0 Å². The van der Waals surface area contributed by atoms with E-state index in [0.29, 0.717) is 19.8 Å². The summed E-state index contributed by atoms with van der Waals surface area (Å²) in [6.07, 6.45) is 0.922. The normalized spacial score (nSPS) is 26.5. The van der Waals surface area contributed by atoms with Crippen molar-refractivity contribution in [3.05, 3.63) is 4.91 Å². The minimum atomic E-state index is 0.200. The van der Waals surface area contributed by atoms with Crippen molar-refractivity contribution in [2.75, 3.05) is 19.8 Å². The predicted molar refractivity (Wildman–Crippen MR) is 37.4 cm³/mol. The van der Waals surface area contributed by atoms with Gasteiger partial charge in [-0.25, -0.2) is 0 Å². The maximum absolute atomic E-state index is 10.1. The summed E-state index contributed by atoms with van der Waals surface area (Å²) in [5.74, 6) is 0. The van der Waals surface area contributed by atoms with Crippen LogP contribution >= 0.6 is 0 Å². The zero-order chi connectivity index (χ0) is 7.40. The molecule has 10 heavy (non-hydrogen) atoms. The van der Waals surface area contributed by atoms with Gasteiger partial charge in [0.15, 0.2) is 0 Å². The summed E-state index contributed by atoms with van der Waals surface area (Å²) < 4.78 is 5.16. The molecule has 0 unspecified atom stereocenters. The second kappa shape index (κ2) is 3.51. The molecule has 1 aliphatic rings. The van der Waals surface area contributed by atoms with Crippen molar-refractivity contribution in [2.45, 2.75) is 19.4 Å². The maximum Gasteiger partial charge on any atom is 0.0734 e. The molecule has 1 rings (SSSR count). The molecule has 0 spiro atoms. The molecule has 0 saturated carbocycles. The van der Waals surface area contributed by atoms with Crippen LogP contribution in [0.15, 0.2) is 5.29 Å². The molecule has 1 aliphatic heterocycles. The van der Waals surface area contributed by atoms with E-state index in [9.17, 15) is 4.91 Å². The van der Waals surface area contributed by atoms with Gasteiger partial charge in [0.2, 0.25) is 0 Å². The third kappa shape index (κ3) is 1.44. The molecule has 0 aromatic carbocycles. The van der Waals surface area contributed by atoms with Gasteiger partial charge >= 0.3 is 0 Å². The summed E-state index contributed by atoms with van der Waals surface area (Å²) in [6.45, 7) is 3.93. The first-order valence-corrected chi connectivity index (χ1v) is 3.56. The molecule has 0 N–H and O–H groups in total.